The average molecular weight is 414 g/mol. The number of esters is 1. The normalized spacial score (nSPS) is 10.2. The van der Waals surface area contributed by atoms with E-state index in [0.717, 1.165) is 11.1 Å². The summed E-state index contributed by atoms with van der Waals surface area (Å²) in [5.74, 6) is -0.702. The molecule has 0 unspecified atom stereocenters. The first-order valence-electron chi connectivity index (χ1n) is 9.24. The van der Waals surface area contributed by atoms with E-state index in [1.54, 1.807) is 6.07 Å². The zero-order chi connectivity index (χ0) is 22.3. The predicted molar refractivity (Wildman–Crippen MR) is 112 cm³/mol. The number of benzene rings is 2. The predicted octanol–water partition coefficient (Wildman–Crippen LogP) is 2.57. The van der Waals surface area contributed by atoms with Crippen LogP contribution in [-0.2, 0) is 14.3 Å². The maximum absolute atomic E-state index is 12.3. The number of anilines is 1. The van der Waals surface area contributed by atoms with Gasteiger partial charge in [0.05, 0.1) is 26.3 Å². The third-order valence-corrected chi connectivity index (χ3v) is 4.39. The second-order valence-corrected chi connectivity index (χ2v) is 6.79. The van der Waals surface area contributed by atoms with Gasteiger partial charge in [-0.3, -0.25) is 9.59 Å². The van der Waals surface area contributed by atoms with Gasteiger partial charge < -0.3 is 24.4 Å². The Bertz CT molecular complexity index is 919. The summed E-state index contributed by atoms with van der Waals surface area (Å²) in [6.45, 7) is 3.15. The van der Waals surface area contributed by atoms with Gasteiger partial charge in [0.2, 0.25) is 5.91 Å². The van der Waals surface area contributed by atoms with Crippen LogP contribution in [0.4, 0.5) is 5.69 Å². The molecule has 2 aromatic rings. The topological polar surface area (TPSA) is 94.2 Å². The van der Waals surface area contributed by atoms with Crippen molar-refractivity contribution < 1.29 is 28.6 Å². The molecule has 2 aromatic carbocycles. The van der Waals surface area contributed by atoms with E-state index in [1.165, 1.54) is 38.3 Å². The van der Waals surface area contributed by atoms with Crippen LogP contribution in [-0.4, -0.2) is 57.1 Å². The Morgan fingerprint density at radius 2 is 1.60 bits per heavy atom. The Kier molecular flexibility index (Phi) is 7.80. The number of carbonyl (C=O) groups is 3. The minimum atomic E-state index is -0.700. The molecule has 8 heteroatoms. The van der Waals surface area contributed by atoms with E-state index in [1.807, 2.05) is 32.0 Å². The fourth-order valence-corrected chi connectivity index (χ4v) is 2.61. The van der Waals surface area contributed by atoms with Crippen molar-refractivity contribution in [2.45, 2.75) is 13.8 Å². The maximum atomic E-state index is 12.3. The molecule has 0 aliphatic carbocycles. The summed E-state index contributed by atoms with van der Waals surface area (Å²) in [6.07, 6.45) is 0. The molecule has 1 N–H and O–H groups in total. The molecule has 0 saturated heterocycles. The van der Waals surface area contributed by atoms with Crippen LogP contribution in [0.2, 0.25) is 0 Å². The molecule has 0 spiro atoms. The number of carbonyl (C=O) groups excluding carboxylic acids is 3. The summed E-state index contributed by atoms with van der Waals surface area (Å²) in [7, 11) is 4.39. The smallest absolute Gasteiger partial charge is 0.338 e. The largest absolute Gasteiger partial charge is 0.497 e. The first-order valence-corrected chi connectivity index (χ1v) is 9.24. The highest BCUT2D eigenvalue weighted by Crippen LogP contribution is 2.23. The average Bonchev–Trinajstić information content (AvgIpc) is 2.73. The van der Waals surface area contributed by atoms with Crippen molar-refractivity contribution in [2.24, 2.45) is 0 Å². The lowest BCUT2D eigenvalue weighted by Gasteiger charge is -2.17. The van der Waals surface area contributed by atoms with E-state index >= 15 is 0 Å². The van der Waals surface area contributed by atoms with Crippen LogP contribution in [0.3, 0.4) is 0 Å². The van der Waals surface area contributed by atoms with E-state index in [0.29, 0.717) is 17.2 Å². The van der Waals surface area contributed by atoms with E-state index in [4.69, 9.17) is 14.2 Å². The van der Waals surface area contributed by atoms with Gasteiger partial charge in [0.1, 0.15) is 11.5 Å². The zero-order valence-corrected chi connectivity index (χ0v) is 17.8. The van der Waals surface area contributed by atoms with Crippen molar-refractivity contribution >= 4 is 23.5 Å². The monoisotopic (exact) mass is 414 g/mol. The molecule has 2 rings (SSSR count). The molecule has 0 saturated carbocycles. The zero-order valence-electron chi connectivity index (χ0n) is 17.8. The van der Waals surface area contributed by atoms with Gasteiger partial charge in [0.25, 0.3) is 5.91 Å². The van der Waals surface area contributed by atoms with Crippen molar-refractivity contribution in [3.8, 4) is 11.5 Å². The standard InChI is InChI=1S/C22H26N2O6/c1-14-6-7-15(2)19(8-14)23-20(25)12-24(3)21(26)13-30-22(27)16-9-17(28-4)11-18(10-16)29-5/h6-11H,12-13H2,1-5H3,(H,23,25). The lowest BCUT2D eigenvalue weighted by atomic mass is 10.1. The van der Waals surface area contributed by atoms with Crippen molar-refractivity contribution in [3.05, 3.63) is 53.1 Å². The number of methoxy groups -OCH3 is 2. The number of rotatable bonds is 8. The van der Waals surface area contributed by atoms with Crippen LogP contribution in [0.25, 0.3) is 0 Å². The van der Waals surface area contributed by atoms with E-state index in [-0.39, 0.29) is 18.0 Å². The highest BCUT2D eigenvalue weighted by atomic mass is 16.5. The molecule has 0 aromatic heterocycles. The van der Waals surface area contributed by atoms with Gasteiger partial charge in [-0.2, -0.15) is 0 Å². The molecule has 0 radical (unpaired) electrons. The number of hydrogen-bond donors (Lipinski definition) is 1. The minimum absolute atomic E-state index is 0.170. The molecular weight excluding hydrogens is 388 g/mol. The molecule has 0 fully saturated rings. The fourth-order valence-electron chi connectivity index (χ4n) is 2.61. The van der Waals surface area contributed by atoms with Gasteiger partial charge in [0, 0.05) is 18.8 Å². The number of hydrogen-bond acceptors (Lipinski definition) is 6. The van der Waals surface area contributed by atoms with E-state index in [2.05, 4.69) is 5.32 Å². The number of amides is 2. The Hall–Kier alpha value is -3.55. The summed E-state index contributed by atoms with van der Waals surface area (Å²) in [5, 5.41) is 2.78. The number of aryl methyl sites for hydroxylation is 2. The highest BCUT2D eigenvalue weighted by Gasteiger charge is 2.17. The molecule has 0 atom stereocenters. The van der Waals surface area contributed by atoms with Crippen molar-refractivity contribution in [3.63, 3.8) is 0 Å². The molecule has 0 aliphatic heterocycles. The van der Waals surface area contributed by atoms with Crippen molar-refractivity contribution in [1.82, 2.24) is 4.90 Å². The van der Waals surface area contributed by atoms with E-state index < -0.39 is 18.5 Å². The fraction of sp³-hybridized carbons (Fsp3) is 0.318. The first kappa shape index (κ1) is 22.7. The Morgan fingerprint density at radius 3 is 2.20 bits per heavy atom. The van der Waals surface area contributed by atoms with Gasteiger partial charge in [-0.15, -0.1) is 0 Å². The number of nitrogens with zero attached hydrogens (tertiary/aromatic N) is 1. The van der Waals surface area contributed by atoms with Crippen LogP contribution in [0, 0.1) is 13.8 Å². The molecule has 0 aliphatic rings. The van der Waals surface area contributed by atoms with Crippen LogP contribution < -0.4 is 14.8 Å². The molecule has 30 heavy (non-hydrogen) atoms. The van der Waals surface area contributed by atoms with Crippen molar-refractivity contribution in [2.75, 3.05) is 39.7 Å². The number of ether oxygens (including phenoxy) is 3. The van der Waals surface area contributed by atoms with Crippen LogP contribution in [0.15, 0.2) is 36.4 Å². The second kappa shape index (κ2) is 10.3. The first-order chi connectivity index (χ1) is 14.2. The Morgan fingerprint density at radius 1 is 0.967 bits per heavy atom. The highest BCUT2D eigenvalue weighted by molar-refractivity contribution is 5.96. The van der Waals surface area contributed by atoms with Gasteiger partial charge in [-0.1, -0.05) is 12.1 Å². The lowest BCUT2D eigenvalue weighted by molar-refractivity contribution is -0.136. The minimum Gasteiger partial charge on any atom is -0.497 e. The summed E-state index contributed by atoms with van der Waals surface area (Å²) >= 11 is 0. The van der Waals surface area contributed by atoms with E-state index in [9.17, 15) is 14.4 Å². The molecular formula is C22H26N2O6. The number of nitrogens with one attached hydrogen (secondary N) is 1. The van der Waals surface area contributed by atoms with Crippen LogP contribution >= 0.6 is 0 Å². The third kappa shape index (κ3) is 6.23. The Labute approximate surface area is 175 Å². The summed E-state index contributed by atoms with van der Waals surface area (Å²) < 4.78 is 15.3. The van der Waals surface area contributed by atoms with Crippen LogP contribution in [0.1, 0.15) is 21.5 Å². The molecule has 2 amide bonds. The second-order valence-electron chi connectivity index (χ2n) is 6.79. The quantitative estimate of drug-likeness (QED) is 0.668. The van der Waals surface area contributed by atoms with Gasteiger partial charge >= 0.3 is 5.97 Å². The maximum Gasteiger partial charge on any atom is 0.338 e. The molecule has 160 valence electrons. The lowest BCUT2D eigenvalue weighted by Crippen LogP contribution is -2.37. The van der Waals surface area contributed by atoms with Gasteiger partial charge in [-0.25, -0.2) is 4.79 Å². The van der Waals surface area contributed by atoms with Crippen LogP contribution in [0.5, 0.6) is 11.5 Å². The molecule has 8 nitrogen and oxygen atoms in total. The summed E-state index contributed by atoms with van der Waals surface area (Å²) in [5.41, 5.74) is 2.82. The van der Waals surface area contributed by atoms with Gasteiger partial charge in [-0.05, 0) is 43.2 Å². The molecule has 0 heterocycles. The summed E-state index contributed by atoms with van der Waals surface area (Å²) in [4.78, 5) is 38.0. The molecule has 0 bridgehead atoms. The van der Waals surface area contributed by atoms with Crippen molar-refractivity contribution in [1.29, 1.82) is 0 Å². The SMILES string of the molecule is COc1cc(OC)cc(C(=O)OCC(=O)N(C)CC(=O)Nc2cc(C)ccc2C)c1. The third-order valence-electron chi connectivity index (χ3n) is 4.39. The van der Waals surface area contributed by atoms with Gasteiger partial charge in [0.15, 0.2) is 6.61 Å². The summed E-state index contributed by atoms with van der Waals surface area (Å²) in [6, 6.07) is 10.3. The Balaban J connectivity index is 1.90. The number of likely N-dealkylation sites (N-methyl/N-ethyl adjacent to an activating group) is 1.